The second kappa shape index (κ2) is 4.86. The average Bonchev–Trinajstić information content (AvgIpc) is 1.83. The number of hydrogen-bond acceptors (Lipinski definition) is 1. The number of hydrogen-bond donors (Lipinski definition) is 0. The Hall–Kier alpha value is -0.292. The van der Waals surface area contributed by atoms with Crippen LogP contribution in [0, 0.1) is 0 Å². The number of carbonyl (C=O) groups excluding carboxylic acids is 1. The van der Waals surface area contributed by atoms with E-state index in [1.807, 2.05) is 4.40 Å². The van der Waals surface area contributed by atoms with Crippen molar-refractivity contribution in [3.8, 4) is 0 Å². The monoisotopic (exact) mass is 278 g/mol. The van der Waals surface area contributed by atoms with Gasteiger partial charge in [-0.2, -0.15) is 0 Å². The Balaban J connectivity index is 4.05. The van der Waals surface area contributed by atoms with Crippen molar-refractivity contribution in [2.75, 3.05) is 0 Å². The van der Waals surface area contributed by atoms with Crippen molar-refractivity contribution >= 4 is 10.7 Å². The molecule has 1 nitrogen and oxygen atoms in total. The van der Waals surface area contributed by atoms with Gasteiger partial charge in [0.2, 0.25) is 0 Å². The van der Waals surface area contributed by atoms with Crippen LogP contribution in [-0.2, 0) is 24.1 Å². The zero-order valence-corrected chi connectivity index (χ0v) is 7.27. The Morgan fingerprint density at radius 2 is 2.25 bits per heavy atom. The summed E-state index contributed by atoms with van der Waals surface area (Å²) in [5.74, 6) is 0. The summed E-state index contributed by atoms with van der Waals surface area (Å²) in [6.45, 7) is 3.45. The van der Waals surface area contributed by atoms with Crippen LogP contribution in [0.4, 0.5) is 0 Å². The summed E-state index contributed by atoms with van der Waals surface area (Å²) in [6, 6.07) is 0. The molecular formula is C6H6OW. The van der Waals surface area contributed by atoms with Crippen molar-refractivity contribution in [1.29, 1.82) is 0 Å². The Morgan fingerprint density at radius 1 is 1.62 bits per heavy atom. The number of carbonyl (C=O) groups is 1. The molecule has 0 aliphatic rings. The molecule has 0 aromatic carbocycles. The first-order valence-electron chi connectivity index (χ1n) is 2.08. The van der Waals surface area contributed by atoms with E-state index in [1.165, 1.54) is 19.4 Å². The van der Waals surface area contributed by atoms with E-state index in [2.05, 4.69) is 6.58 Å². The first-order valence-corrected chi connectivity index (χ1v) is 3.77. The summed E-state index contributed by atoms with van der Waals surface area (Å²) >= 11 is 1.28. The second-order valence-corrected chi connectivity index (χ2v) is 1.98. The van der Waals surface area contributed by atoms with Gasteiger partial charge in [-0.25, -0.2) is 0 Å². The van der Waals surface area contributed by atoms with Gasteiger partial charge in [0.05, 0.1) is 0 Å². The number of allylic oxidation sites excluding steroid dienone is 3. The standard InChI is InChI=1S/C6H6O.W/c1-3-4-6(2)5-7;/h2-5H,1H2;. The molecule has 0 spiro atoms. The second-order valence-electron chi connectivity index (χ2n) is 1.14. The molecule has 0 atom stereocenters. The van der Waals surface area contributed by atoms with Crippen LogP contribution in [0.1, 0.15) is 0 Å². The van der Waals surface area contributed by atoms with Gasteiger partial charge in [0.15, 0.2) is 0 Å². The molecule has 0 aromatic rings. The van der Waals surface area contributed by atoms with Crippen molar-refractivity contribution in [2.24, 2.45) is 0 Å². The normalized spacial score (nSPS) is 10.2. The first-order chi connectivity index (χ1) is 3.85. The molecule has 8 heavy (non-hydrogen) atoms. The van der Waals surface area contributed by atoms with E-state index in [9.17, 15) is 4.79 Å². The third kappa shape index (κ3) is 2.81. The van der Waals surface area contributed by atoms with Gasteiger partial charge in [-0.05, 0) is 0 Å². The summed E-state index contributed by atoms with van der Waals surface area (Å²) in [5.41, 5.74) is 0.704. The predicted octanol–water partition coefficient (Wildman–Crippen LogP) is 0.647. The van der Waals surface area contributed by atoms with Gasteiger partial charge in [-0.3, -0.25) is 0 Å². The van der Waals surface area contributed by atoms with Gasteiger partial charge in [0, 0.05) is 0 Å². The molecule has 0 fully saturated rings. The van der Waals surface area contributed by atoms with E-state index in [4.69, 9.17) is 0 Å². The van der Waals surface area contributed by atoms with Crippen molar-refractivity contribution in [3.63, 3.8) is 0 Å². The van der Waals surface area contributed by atoms with E-state index in [1.54, 1.807) is 12.2 Å². The van der Waals surface area contributed by atoms with Gasteiger partial charge in [0.1, 0.15) is 0 Å². The SMILES string of the molecule is C=CC=C(C=O)[CH]=[W]. The molecular weight excluding hydrogens is 272 g/mol. The Morgan fingerprint density at radius 3 is 2.38 bits per heavy atom. The van der Waals surface area contributed by atoms with Gasteiger partial charge in [0.25, 0.3) is 0 Å². The topological polar surface area (TPSA) is 17.1 Å². The van der Waals surface area contributed by atoms with Crippen LogP contribution in [0.2, 0.25) is 0 Å². The Kier molecular flexibility index (Phi) is 4.68. The summed E-state index contributed by atoms with van der Waals surface area (Å²) in [5, 5.41) is 0. The number of aldehydes is 1. The predicted molar refractivity (Wildman–Crippen MR) is 30.4 cm³/mol. The summed E-state index contributed by atoms with van der Waals surface area (Å²) < 4.78 is 1.81. The van der Waals surface area contributed by atoms with E-state index < -0.39 is 0 Å². The molecule has 0 aliphatic carbocycles. The maximum atomic E-state index is 9.99. The van der Waals surface area contributed by atoms with Crippen LogP contribution >= 0.6 is 0 Å². The molecule has 0 aromatic heterocycles. The molecule has 0 unspecified atom stereocenters. The van der Waals surface area contributed by atoms with Crippen molar-refractivity contribution in [3.05, 3.63) is 24.3 Å². The fourth-order valence-electron chi connectivity index (χ4n) is 0.242. The zero-order valence-electron chi connectivity index (χ0n) is 4.33. The van der Waals surface area contributed by atoms with Crippen LogP contribution in [0.25, 0.3) is 0 Å². The molecule has 0 N–H and O–H groups in total. The van der Waals surface area contributed by atoms with E-state index in [0.717, 1.165) is 6.29 Å². The first kappa shape index (κ1) is 7.71. The average molecular weight is 278 g/mol. The van der Waals surface area contributed by atoms with Gasteiger partial charge < -0.3 is 0 Å². The molecule has 0 rings (SSSR count). The third-order valence-electron chi connectivity index (χ3n) is 0.582. The van der Waals surface area contributed by atoms with Crippen LogP contribution in [0.15, 0.2) is 24.3 Å². The summed E-state index contributed by atoms with van der Waals surface area (Å²) in [6.07, 6.45) is 4.10. The zero-order chi connectivity index (χ0) is 6.41. The number of rotatable bonds is 3. The quantitative estimate of drug-likeness (QED) is 0.421. The molecule has 0 heterocycles. The Bertz CT molecular complexity index is 125. The van der Waals surface area contributed by atoms with Crippen molar-refractivity contribution < 1.29 is 24.1 Å². The molecule has 2 heteroatoms. The third-order valence-corrected chi connectivity index (χ3v) is 1.56. The molecule has 0 amide bonds. The van der Waals surface area contributed by atoms with Crippen LogP contribution in [0.5, 0.6) is 0 Å². The van der Waals surface area contributed by atoms with E-state index >= 15 is 0 Å². The van der Waals surface area contributed by atoms with Crippen LogP contribution < -0.4 is 0 Å². The Labute approximate surface area is 59.5 Å². The molecule has 0 aliphatic heterocycles. The van der Waals surface area contributed by atoms with E-state index in [0.29, 0.717) is 5.57 Å². The maximum absolute atomic E-state index is 9.99. The van der Waals surface area contributed by atoms with Crippen molar-refractivity contribution in [2.45, 2.75) is 0 Å². The molecule has 42 valence electrons. The summed E-state index contributed by atoms with van der Waals surface area (Å²) in [7, 11) is 0. The van der Waals surface area contributed by atoms with Gasteiger partial charge >= 0.3 is 59.1 Å². The van der Waals surface area contributed by atoms with Crippen LogP contribution in [-0.4, -0.2) is 10.7 Å². The van der Waals surface area contributed by atoms with E-state index in [-0.39, 0.29) is 0 Å². The minimum absolute atomic E-state index is 0.704. The molecule has 0 saturated heterocycles. The summed E-state index contributed by atoms with van der Waals surface area (Å²) in [4.78, 5) is 9.99. The fraction of sp³-hybridized carbons (Fsp3) is 0. The van der Waals surface area contributed by atoms with Crippen LogP contribution in [0.3, 0.4) is 0 Å². The van der Waals surface area contributed by atoms with Crippen molar-refractivity contribution in [1.82, 2.24) is 0 Å². The molecule has 0 saturated carbocycles. The minimum atomic E-state index is 0.704. The fourth-order valence-corrected chi connectivity index (χ4v) is 0.724. The molecule has 0 bridgehead atoms. The van der Waals surface area contributed by atoms with Gasteiger partial charge in [-0.15, -0.1) is 0 Å². The molecule has 0 radical (unpaired) electrons. The van der Waals surface area contributed by atoms with Gasteiger partial charge in [-0.1, -0.05) is 0 Å².